The Bertz CT molecular complexity index is 584. The lowest BCUT2D eigenvalue weighted by molar-refractivity contribution is 0.179. The van der Waals surface area contributed by atoms with Crippen LogP contribution in [0.5, 0.6) is 0 Å². The summed E-state index contributed by atoms with van der Waals surface area (Å²) in [6.45, 7) is 6.71. The Morgan fingerprint density at radius 1 is 1.42 bits per heavy atom. The summed E-state index contributed by atoms with van der Waals surface area (Å²) < 4.78 is 7.59. The number of imidazole rings is 1. The van der Waals surface area contributed by atoms with Crippen LogP contribution in [0.1, 0.15) is 17.5 Å². The maximum absolute atomic E-state index is 6.30. The van der Waals surface area contributed by atoms with Gasteiger partial charge in [-0.3, -0.25) is 0 Å². The van der Waals surface area contributed by atoms with E-state index in [0.29, 0.717) is 5.92 Å². The molecule has 3 rings (SSSR count). The van der Waals surface area contributed by atoms with Crippen molar-refractivity contribution < 1.29 is 4.74 Å². The number of fused-ring (bicyclic) bond motifs is 1. The lowest BCUT2D eigenvalue weighted by atomic mass is 10.00. The molecule has 2 atom stereocenters. The van der Waals surface area contributed by atoms with Crippen LogP contribution in [0.3, 0.4) is 0 Å². The minimum absolute atomic E-state index is 0.140. The van der Waals surface area contributed by atoms with E-state index in [-0.39, 0.29) is 6.04 Å². The van der Waals surface area contributed by atoms with Crippen LogP contribution in [-0.2, 0) is 11.3 Å². The number of aryl methyl sites for hydroxylation is 2. The lowest BCUT2D eigenvalue weighted by Crippen LogP contribution is -2.34. The molecule has 2 heterocycles. The van der Waals surface area contributed by atoms with E-state index in [2.05, 4.69) is 35.5 Å². The highest BCUT2D eigenvalue weighted by Crippen LogP contribution is 2.21. The molecule has 1 aliphatic rings. The van der Waals surface area contributed by atoms with Crippen LogP contribution in [0.15, 0.2) is 18.5 Å². The average molecular weight is 259 g/mol. The number of ether oxygens (including phenoxy) is 1. The van der Waals surface area contributed by atoms with Crippen LogP contribution in [0, 0.1) is 19.8 Å². The quantitative estimate of drug-likeness (QED) is 0.917. The number of hydrogen-bond acceptors (Lipinski definition) is 3. The molecule has 19 heavy (non-hydrogen) atoms. The molecule has 4 nitrogen and oxygen atoms in total. The van der Waals surface area contributed by atoms with Crippen molar-refractivity contribution in [3.8, 4) is 0 Å². The average Bonchev–Trinajstić information content (AvgIpc) is 3.01. The third-order valence-corrected chi connectivity index (χ3v) is 4.21. The summed E-state index contributed by atoms with van der Waals surface area (Å²) in [5.74, 6) is 0.476. The first kappa shape index (κ1) is 12.6. The van der Waals surface area contributed by atoms with E-state index in [9.17, 15) is 0 Å². The van der Waals surface area contributed by atoms with Crippen LogP contribution >= 0.6 is 0 Å². The van der Waals surface area contributed by atoms with Crippen molar-refractivity contribution in [1.29, 1.82) is 0 Å². The summed E-state index contributed by atoms with van der Waals surface area (Å²) >= 11 is 0. The van der Waals surface area contributed by atoms with Crippen LogP contribution in [0.4, 0.5) is 0 Å². The highest BCUT2D eigenvalue weighted by molar-refractivity contribution is 5.77. The van der Waals surface area contributed by atoms with Crippen LogP contribution in [-0.4, -0.2) is 28.8 Å². The van der Waals surface area contributed by atoms with Gasteiger partial charge in [0.05, 0.1) is 24.0 Å². The molecule has 0 bridgehead atoms. The molecule has 2 aromatic rings. The van der Waals surface area contributed by atoms with Gasteiger partial charge in [0.2, 0.25) is 0 Å². The maximum atomic E-state index is 6.30. The van der Waals surface area contributed by atoms with E-state index in [1.54, 1.807) is 0 Å². The van der Waals surface area contributed by atoms with Gasteiger partial charge >= 0.3 is 0 Å². The summed E-state index contributed by atoms with van der Waals surface area (Å²) in [5.41, 5.74) is 11.1. The topological polar surface area (TPSA) is 53.1 Å². The standard InChI is InChI=1S/C15H21N3O/c1-10-5-14-15(6-11(10)2)18(9-17-14)7-13(16)12-3-4-19-8-12/h5-6,9,12-13H,3-4,7-8,16H2,1-2H3. The molecular formula is C15H21N3O. The van der Waals surface area contributed by atoms with Crippen LogP contribution < -0.4 is 5.73 Å². The van der Waals surface area contributed by atoms with E-state index in [1.165, 1.54) is 16.6 Å². The second-order valence-corrected chi connectivity index (χ2v) is 5.61. The Morgan fingerprint density at radius 2 is 2.21 bits per heavy atom. The highest BCUT2D eigenvalue weighted by atomic mass is 16.5. The zero-order valence-electron chi connectivity index (χ0n) is 11.6. The van der Waals surface area contributed by atoms with Gasteiger partial charge in [-0.15, -0.1) is 0 Å². The third-order valence-electron chi connectivity index (χ3n) is 4.21. The molecule has 1 aromatic heterocycles. The first-order valence-electron chi connectivity index (χ1n) is 6.90. The number of hydrogen-bond donors (Lipinski definition) is 1. The fraction of sp³-hybridized carbons (Fsp3) is 0.533. The van der Waals surface area contributed by atoms with E-state index < -0.39 is 0 Å². The molecule has 0 radical (unpaired) electrons. The molecule has 4 heteroatoms. The summed E-state index contributed by atoms with van der Waals surface area (Å²) in [5, 5.41) is 0. The molecule has 1 aromatic carbocycles. The van der Waals surface area contributed by atoms with Gasteiger partial charge in [0.15, 0.2) is 0 Å². The second kappa shape index (κ2) is 4.94. The smallest absolute Gasteiger partial charge is 0.0958 e. The van der Waals surface area contributed by atoms with E-state index in [1.807, 2.05) is 6.33 Å². The first-order valence-corrected chi connectivity index (χ1v) is 6.90. The molecule has 0 spiro atoms. The Balaban J connectivity index is 1.86. The van der Waals surface area contributed by atoms with Gasteiger partial charge < -0.3 is 15.0 Å². The van der Waals surface area contributed by atoms with E-state index in [4.69, 9.17) is 10.5 Å². The zero-order valence-corrected chi connectivity index (χ0v) is 11.6. The fourth-order valence-electron chi connectivity index (χ4n) is 2.73. The molecule has 0 aliphatic carbocycles. The molecule has 1 saturated heterocycles. The molecule has 2 unspecified atom stereocenters. The molecule has 1 fully saturated rings. The molecule has 2 N–H and O–H groups in total. The third kappa shape index (κ3) is 2.38. The summed E-state index contributed by atoms with van der Waals surface area (Å²) in [6, 6.07) is 4.49. The molecule has 0 saturated carbocycles. The molecular weight excluding hydrogens is 238 g/mol. The van der Waals surface area contributed by atoms with Crippen LogP contribution in [0.2, 0.25) is 0 Å². The van der Waals surface area contributed by atoms with Crippen molar-refractivity contribution in [2.45, 2.75) is 32.9 Å². The Morgan fingerprint density at radius 3 is 2.95 bits per heavy atom. The largest absolute Gasteiger partial charge is 0.381 e. The van der Waals surface area contributed by atoms with Gasteiger partial charge in [-0.05, 0) is 43.5 Å². The summed E-state index contributed by atoms with van der Waals surface area (Å²) in [6.07, 6.45) is 2.98. The van der Waals surface area contributed by atoms with Gasteiger partial charge in [-0.2, -0.15) is 0 Å². The maximum Gasteiger partial charge on any atom is 0.0958 e. The zero-order chi connectivity index (χ0) is 13.4. The van der Waals surface area contributed by atoms with Gasteiger partial charge in [-0.25, -0.2) is 4.98 Å². The van der Waals surface area contributed by atoms with Crippen molar-refractivity contribution in [2.24, 2.45) is 11.7 Å². The van der Waals surface area contributed by atoms with Crippen molar-refractivity contribution >= 4 is 11.0 Å². The van der Waals surface area contributed by atoms with E-state index in [0.717, 1.165) is 31.7 Å². The summed E-state index contributed by atoms with van der Waals surface area (Å²) in [7, 11) is 0. The first-order chi connectivity index (χ1) is 9.15. The summed E-state index contributed by atoms with van der Waals surface area (Å²) in [4.78, 5) is 4.48. The van der Waals surface area contributed by atoms with Crippen molar-refractivity contribution in [3.63, 3.8) is 0 Å². The predicted molar refractivity (Wildman–Crippen MR) is 76.1 cm³/mol. The van der Waals surface area contributed by atoms with Crippen molar-refractivity contribution in [1.82, 2.24) is 9.55 Å². The fourth-order valence-corrected chi connectivity index (χ4v) is 2.73. The van der Waals surface area contributed by atoms with Crippen molar-refractivity contribution in [3.05, 3.63) is 29.6 Å². The van der Waals surface area contributed by atoms with Crippen LogP contribution in [0.25, 0.3) is 11.0 Å². The molecule has 0 amide bonds. The SMILES string of the molecule is Cc1cc2ncn(CC(N)C3CCOC3)c2cc1C. The van der Waals surface area contributed by atoms with Gasteiger partial charge in [0, 0.05) is 25.1 Å². The van der Waals surface area contributed by atoms with E-state index >= 15 is 0 Å². The number of rotatable bonds is 3. The molecule has 1 aliphatic heterocycles. The number of nitrogens with zero attached hydrogens (tertiary/aromatic N) is 2. The number of nitrogens with two attached hydrogens (primary N) is 1. The Labute approximate surface area is 113 Å². The van der Waals surface area contributed by atoms with Gasteiger partial charge in [-0.1, -0.05) is 0 Å². The Kier molecular flexibility index (Phi) is 3.29. The number of aromatic nitrogens is 2. The Hall–Kier alpha value is -1.39. The second-order valence-electron chi connectivity index (χ2n) is 5.61. The molecule has 102 valence electrons. The highest BCUT2D eigenvalue weighted by Gasteiger charge is 2.23. The lowest BCUT2D eigenvalue weighted by Gasteiger charge is -2.18. The van der Waals surface area contributed by atoms with Crippen molar-refractivity contribution in [2.75, 3.05) is 13.2 Å². The monoisotopic (exact) mass is 259 g/mol. The van der Waals surface area contributed by atoms with Gasteiger partial charge in [0.1, 0.15) is 0 Å². The predicted octanol–water partition coefficient (Wildman–Crippen LogP) is 2.02. The minimum atomic E-state index is 0.140. The van der Waals surface area contributed by atoms with Gasteiger partial charge in [0.25, 0.3) is 0 Å². The minimum Gasteiger partial charge on any atom is -0.381 e. The number of benzene rings is 1. The normalized spacial score (nSPS) is 21.1.